The quantitative estimate of drug-likeness (QED) is 0.681. The summed E-state index contributed by atoms with van der Waals surface area (Å²) in [5, 5.41) is 20.7. The van der Waals surface area contributed by atoms with Crippen molar-refractivity contribution in [3.63, 3.8) is 0 Å². The highest BCUT2D eigenvalue weighted by Gasteiger charge is 2.10. The minimum atomic E-state index is -0.952. The summed E-state index contributed by atoms with van der Waals surface area (Å²) in [7, 11) is 1.65. The van der Waals surface area contributed by atoms with Crippen LogP contribution in [0.1, 0.15) is 5.69 Å². The van der Waals surface area contributed by atoms with Crippen molar-refractivity contribution >= 4 is 17.4 Å². The number of carbonyl (C=O) groups is 1. The summed E-state index contributed by atoms with van der Waals surface area (Å²) < 4.78 is 1.53. The zero-order valence-electron chi connectivity index (χ0n) is 8.51. The molecule has 7 nitrogen and oxygen atoms in total. The van der Waals surface area contributed by atoms with Crippen molar-refractivity contribution < 1.29 is 15.0 Å². The number of nitrogens with one attached hydrogen (secondary N) is 1. The van der Waals surface area contributed by atoms with Gasteiger partial charge in [-0.15, -0.1) is 0 Å². The summed E-state index contributed by atoms with van der Waals surface area (Å²) in [6.07, 6.45) is 2.76. The van der Waals surface area contributed by atoms with Gasteiger partial charge >= 0.3 is 5.97 Å². The van der Waals surface area contributed by atoms with E-state index in [1.807, 2.05) is 0 Å². The van der Waals surface area contributed by atoms with E-state index in [1.54, 1.807) is 13.2 Å². The number of rotatable bonds is 3. The molecule has 16 heavy (non-hydrogen) atoms. The molecule has 0 saturated heterocycles. The van der Waals surface area contributed by atoms with E-state index in [0.29, 0.717) is 17.2 Å². The average molecular weight is 222 g/mol. The van der Waals surface area contributed by atoms with Gasteiger partial charge in [0, 0.05) is 13.2 Å². The van der Waals surface area contributed by atoms with Crippen LogP contribution in [0.3, 0.4) is 0 Å². The minimum Gasteiger partial charge on any atom is -0.492 e. The van der Waals surface area contributed by atoms with E-state index >= 15 is 0 Å². The molecule has 0 aliphatic heterocycles. The number of aliphatic carboxylic acids is 1. The topological polar surface area (TPSA) is 99.8 Å². The van der Waals surface area contributed by atoms with Gasteiger partial charge in [0.1, 0.15) is 0 Å². The highest BCUT2D eigenvalue weighted by molar-refractivity contribution is 5.71. The molecule has 0 spiro atoms. The lowest BCUT2D eigenvalue weighted by Crippen LogP contribution is -1.99. The summed E-state index contributed by atoms with van der Waals surface area (Å²) in [5.74, 6) is -0.709. The standard InChI is InChI=1S/C9H10N4O3/c1-10-8-9-11-5(2-7(15)16)3-13(9)4-6(14)12-8/h3-4,14H,2H2,1H3,(H,10,12)(H,15,16). The van der Waals surface area contributed by atoms with Gasteiger partial charge in [-0.05, 0) is 0 Å². The van der Waals surface area contributed by atoms with Crippen LogP contribution in [0, 0.1) is 0 Å². The Morgan fingerprint density at radius 3 is 2.88 bits per heavy atom. The van der Waals surface area contributed by atoms with E-state index < -0.39 is 5.97 Å². The predicted molar refractivity (Wildman–Crippen MR) is 55.5 cm³/mol. The Morgan fingerprint density at radius 1 is 1.50 bits per heavy atom. The maximum absolute atomic E-state index is 10.5. The molecule has 7 heteroatoms. The molecule has 2 rings (SSSR count). The minimum absolute atomic E-state index is 0.156. The average Bonchev–Trinajstić information content (AvgIpc) is 2.57. The van der Waals surface area contributed by atoms with Crippen LogP contribution in [0.4, 0.5) is 5.82 Å². The first kappa shape index (κ1) is 10.2. The predicted octanol–water partition coefficient (Wildman–Crippen LogP) is 0.104. The zero-order valence-corrected chi connectivity index (χ0v) is 8.51. The van der Waals surface area contributed by atoms with Crippen molar-refractivity contribution in [2.24, 2.45) is 0 Å². The Morgan fingerprint density at radius 2 is 2.25 bits per heavy atom. The SMILES string of the molecule is CNc1nc(O)cn2cc(CC(=O)O)nc12. The monoisotopic (exact) mass is 222 g/mol. The van der Waals surface area contributed by atoms with Crippen molar-refractivity contribution in [3.8, 4) is 5.88 Å². The number of aromatic nitrogens is 3. The molecule has 84 valence electrons. The van der Waals surface area contributed by atoms with E-state index in [9.17, 15) is 9.90 Å². The Labute approximate surface area is 90.4 Å². The van der Waals surface area contributed by atoms with Crippen LogP contribution in [0.15, 0.2) is 12.4 Å². The molecule has 0 aliphatic carbocycles. The van der Waals surface area contributed by atoms with Gasteiger partial charge in [-0.3, -0.25) is 9.20 Å². The van der Waals surface area contributed by atoms with Crippen molar-refractivity contribution in [2.75, 3.05) is 12.4 Å². The number of carboxylic acids is 1. The second-order valence-electron chi connectivity index (χ2n) is 3.23. The third kappa shape index (κ3) is 1.74. The molecule has 0 bridgehead atoms. The molecule has 0 saturated carbocycles. The number of fused-ring (bicyclic) bond motifs is 1. The van der Waals surface area contributed by atoms with Gasteiger partial charge < -0.3 is 15.5 Å². The van der Waals surface area contributed by atoms with E-state index in [2.05, 4.69) is 15.3 Å². The molecule has 0 amide bonds. The molecular weight excluding hydrogens is 212 g/mol. The third-order valence-electron chi connectivity index (χ3n) is 2.04. The molecule has 2 aromatic heterocycles. The van der Waals surface area contributed by atoms with Crippen LogP contribution in [-0.4, -0.2) is 37.6 Å². The fraction of sp³-hybridized carbons (Fsp3) is 0.222. The normalized spacial score (nSPS) is 10.6. The lowest BCUT2D eigenvalue weighted by atomic mass is 10.3. The van der Waals surface area contributed by atoms with Gasteiger partial charge in [-0.2, -0.15) is 4.98 Å². The largest absolute Gasteiger partial charge is 0.492 e. The van der Waals surface area contributed by atoms with Gasteiger partial charge in [0.15, 0.2) is 11.5 Å². The highest BCUT2D eigenvalue weighted by Crippen LogP contribution is 2.17. The summed E-state index contributed by atoms with van der Waals surface area (Å²) in [6.45, 7) is 0. The number of hydrogen-bond acceptors (Lipinski definition) is 5. The van der Waals surface area contributed by atoms with Crippen LogP contribution in [0.25, 0.3) is 5.65 Å². The van der Waals surface area contributed by atoms with Crippen molar-refractivity contribution in [1.29, 1.82) is 0 Å². The Kier molecular flexibility index (Phi) is 2.35. The van der Waals surface area contributed by atoms with Crippen molar-refractivity contribution in [1.82, 2.24) is 14.4 Å². The summed E-state index contributed by atoms with van der Waals surface area (Å²) >= 11 is 0. The van der Waals surface area contributed by atoms with Gasteiger partial charge in [-0.1, -0.05) is 0 Å². The number of hydrogen-bond donors (Lipinski definition) is 3. The van der Waals surface area contributed by atoms with Crippen LogP contribution in [-0.2, 0) is 11.2 Å². The second kappa shape index (κ2) is 3.69. The van der Waals surface area contributed by atoms with Gasteiger partial charge in [0.05, 0.1) is 18.3 Å². The summed E-state index contributed by atoms with van der Waals surface area (Å²) in [5.41, 5.74) is 0.896. The molecule has 0 aliphatic rings. The van der Waals surface area contributed by atoms with E-state index in [0.717, 1.165) is 0 Å². The Balaban J connectivity index is 2.55. The number of aromatic hydroxyl groups is 1. The van der Waals surface area contributed by atoms with E-state index in [1.165, 1.54) is 10.6 Å². The first-order valence-corrected chi connectivity index (χ1v) is 4.57. The summed E-state index contributed by atoms with van der Waals surface area (Å²) in [4.78, 5) is 18.5. The van der Waals surface area contributed by atoms with Crippen LogP contribution in [0.5, 0.6) is 5.88 Å². The smallest absolute Gasteiger partial charge is 0.309 e. The fourth-order valence-electron chi connectivity index (χ4n) is 1.44. The van der Waals surface area contributed by atoms with E-state index in [-0.39, 0.29) is 12.3 Å². The van der Waals surface area contributed by atoms with Crippen LogP contribution < -0.4 is 5.32 Å². The zero-order chi connectivity index (χ0) is 11.7. The molecule has 2 heterocycles. The lowest BCUT2D eigenvalue weighted by molar-refractivity contribution is -0.136. The van der Waals surface area contributed by atoms with Crippen molar-refractivity contribution in [2.45, 2.75) is 6.42 Å². The van der Waals surface area contributed by atoms with Crippen LogP contribution in [0.2, 0.25) is 0 Å². The maximum Gasteiger partial charge on any atom is 0.309 e. The lowest BCUT2D eigenvalue weighted by Gasteiger charge is -2.01. The second-order valence-corrected chi connectivity index (χ2v) is 3.23. The fourth-order valence-corrected chi connectivity index (χ4v) is 1.44. The first-order valence-electron chi connectivity index (χ1n) is 4.57. The molecule has 3 N–H and O–H groups in total. The number of carboxylic acid groups (broad SMARTS) is 1. The number of nitrogens with zero attached hydrogens (tertiary/aromatic N) is 3. The molecule has 0 aromatic carbocycles. The molecular formula is C9H10N4O3. The Hall–Kier alpha value is -2.31. The molecule has 0 radical (unpaired) electrons. The number of imidazole rings is 1. The van der Waals surface area contributed by atoms with Gasteiger partial charge in [-0.25, -0.2) is 4.98 Å². The van der Waals surface area contributed by atoms with E-state index in [4.69, 9.17) is 5.11 Å². The van der Waals surface area contributed by atoms with Gasteiger partial charge in [0.25, 0.3) is 0 Å². The highest BCUT2D eigenvalue weighted by atomic mass is 16.4. The Bertz CT molecular complexity index is 549. The van der Waals surface area contributed by atoms with Gasteiger partial charge in [0.2, 0.25) is 5.88 Å². The molecule has 0 unspecified atom stereocenters. The molecule has 0 atom stereocenters. The maximum atomic E-state index is 10.5. The molecule has 0 fully saturated rings. The third-order valence-corrected chi connectivity index (χ3v) is 2.04. The molecule has 2 aromatic rings. The van der Waals surface area contributed by atoms with Crippen molar-refractivity contribution in [3.05, 3.63) is 18.1 Å². The first-order chi connectivity index (χ1) is 7.60. The summed E-state index contributed by atoms with van der Waals surface area (Å²) in [6, 6.07) is 0. The number of anilines is 1. The van der Waals surface area contributed by atoms with Crippen LogP contribution >= 0.6 is 0 Å².